The first-order valence-electron chi connectivity index (χ1n) is 20.6. The fourth-order valence-corrected chi connectivity index (χ4v) is 10.9. The fraction of sp³-hybridized carbons (Fsp3) is 0.356. The van der Waals surface area contributed by atoms with Gasteiger partial charge in [-0.3, -0.25) is 19.8 Å². The number of allylic oxidation sites excluding steroid dienone is 1. The number of halogens is 1. The number of aromatic amines is 1. The molecule has 2 fully saturated rings. The maximum absolute atomic E-state index is 14.0. The summed E-state index contributed by atoms with van der Waals surface area (Å²) in [6, 6.07) is 23.1. The van der Waals surface area contributed by atoms with Crippen LogP contribution < -0.4 is 19.3 Å². The molecule has 3 heterocycles. The largest absolute Gasteiger partial charge is 0.456 e. The molecule has 1 aromatic heterocycles. The van der Waals surface area contributed by atoms with Gasteiger partial charge >= 0.3 is 0 Å². The molecule has 2 saturated heterocycles. The minimum Gasteiger partial charge on any atom is -0.456 e. The van der Waals surface area contributed by atoms with E-state index >= 15 is 0 Å². The molecule has 4 N–H and O–H groups in total. The number of carbonyl (C=O) groups excluding carboxylic acids is 1. The van der Waals surface area contributed by atoms with Gasteiger partial charge < -0.3 is 29.7 Å². The molecule has 326 valence electrons. The number of aliphatic hydroxyl groups excluding tert-OH is 1. The quantitative estimate of drug-likeness (QED) is 0.0509. The number of ether oxygens (including phenoxy) is 1. The lowest BCUT2D eigenvalue weighted by atomic mass is 9.72. The number of nitro groups is 1. The third-order valence-electron chi connectivity index (χ3n) is 12.0. The number of hydrogen-bond acceptors (Lipinski definition) is 12. The molecule has 17 heteroatoms. The predicted octanol–water partition coefficient (Wildman–Crippen LogP) is 8.01. The van der Waals surface area contributed by atoms with Crippen LogP contribution in [0, 0.1) is 15.5 Å². The Morgan fingerprint density at radius 1 is 1.05 bits per heavy atom. The Morgan fingerprint density at radius 3 is 2.53 bits per heavy atom. The second-order valence-corrected chi connectivity index (χ2v) is 20.1. The van der Waals surface area contributed by atoms with Crippen molar-refractivity contribution in [3.63, 3.8) is 0 Å². The van der Waals surface area contributed by atoms with E-state index in [0.29, 0.717) is 31.0 Å². The number of rotatable bonds is 13. The summed E-state index contributed by atoms with van der Waals surface area (Å²) in [6.07, 6.45) is 3.47. The molecule has 2 aliphatic heterocycles. The van der Waals surface area contributed by atoms with Crippen LogP contribution in [0.4, 0.5) is 17.1 Å². The van der Waals surface area contributed by atoms with Crippen LogP contribution in [0.1, 0.15) is 55.5 Å². The Kier molecular flexibility index (Phi) is 12.6. The van der Waals surface area contributed by atoms with Gasteiger partial charge in [0.2, 0.25) is 6.41 Å². The first-order valence-corrected chi connectivity index (χ1v) is 23.6. The second kappa shape index (κ2) is 17.9. The Bertz CT molecular complexity index is 2620. The number of anilines is 2. The van der Waals surface area contributed by atoms with Gasteiger partial charge in [-0.05, 0) is 109 Å². The predicted molar refractivity (Wildman–Crippen MR) is 244 cm³/mol. The Labute approximate surface area is 369 Å². The average molecular weight is 902 g/mol. The number of aliphatic hydroxyl groups is 2. The Hall–Kier alpha value is -5.10. The number of carbonyl (C=O) groups is 1. The number of fused-ring (bicyclic) bond motifs is 1. The summed E-state index contributed by atoms with van der Waals surface area (Å²) in [5.41, 5.74) is 5.12. The van der Waals surface area contributed by atoms with E-state index in [0.717, 1.165) is 89.4 Å². The molecule has 0 radical (unpaired) electrons. The van der Waals surface area contributed by atoms with Crippen molar-refractivity contribution in [2.24, 2.45) is 5.41 Å². The van der Waals surface area contributed by atoms with Crippen LogP contribution in [0.15, 0.2) is 102 Å². The topological polar surface area (TPSA) is 182 Å². The molecule has 8 rings (SSSR count). The van der Waals surface area contributed by atoms with Crippen molar-refractivity contribution in [1.82, 2.24) is 14.6 Å². The van der Waals surface area contributed by atoms with E-state index in [1.807, 2.05) is 30.3 Å². The third-order valence-corrected chi connectivity index (χ3v) is 14.7. The zero-order valence-electron chi connectivity index (χ0n) is 34.4. The maximum atomic E-state index is 14.0. The van der Waals surface area contributed by atoms with Gasteiger partial charge in [-0.15, -0.1) is 0 Å². The number of benzene rings is 4. The van der Waals surface area contributed by atoms with Gasteiger partial charge in [0.25, 0.3) is 21.6 Å². The summed E-state index contributed by atoms with van der Waals surface area (Å²) in [5.74, 6) is 0.793. The van der Waals surface area contributed by atoms with Gasteiger partial charge in [0.15, 0.2) is 0 Å². The Balaban J connectivity index is 1.03. The fourth-order valence-electron chi connectivity index (χ4n) is 8.62. The summed E-state index contributed by atoms with van der Waals surface area (Å²) in [7, 11) is -4.67. The summed E-state index contributed by atoms with van der Waals surface area (Å²) >= 11 is 7.80. The highest BCUT2D eigenvalue weighted by Gasteiger charge is 2.34. The van der Waals surface area contributed by atoms with Crippen molar-refractivity contribution < 1.29 is 33.1 Å². The van der Waals surface area contributed by atoms with Gasteiger partial charge in [0, 0.05) is 84.5 Å². The number of nitrogens with zero attached hydrogens (tertiary/aromatic N) is 4. The highest BCUT2D eigenvalue weighted by atomic mass is 35.5. The number of amides is 1. The Morgan fingerprint density at radius 2 is 1.82 bits per heavy atom. The third kappa shape index (κ3) is 9.60. The van der Waals surface area contributed by atoms with E-state index in [1.54, 1.807) is 36.2 Å². The molecule has 1 aliphatic carbocycles. The van der Waals surface area contributed by atoms with Crippen LogP contribution in [-0.4, -0.2) is 96.0 Å². The molecule has 62 heavy (non-hydrogen) atoms. The number of aromatic nitrogens is 1. The highest BCUT2D eigenvalue weighted by molar-refractivity contribution is 7.99. The van der Waals surface area contributed by atoms with E-state index in [1.165, 1.54) is 22.8 Å². The number of nitrogens with one attached hydrogen (secondary N) is 2. The number of nitro benzene ring substituents is 1. The van der Waals surface area contributed by atoms with E-state index in [-0.39, 0.29) is 22.4 Å². The lowest BCUT2D eigenvalue weighted by Gasteiger charge is -2.39. The second-order valence-electron chi connectivity index (χ2n) is 16.8. The first kappa shape index (κ1) is 43.5. The minimum atomic E-state index is -4.67. The zero-order valence-corrected chi connectivity index (χ0v) is 36.8. The summed E-state index contributed by atoms with van der Waals surface area (Å²) < 4.78 is 35.9. The van der Waals surface area contributed by atoms with Crippen LogP contribution in [0.2, 0.25) is 5.02 Å². The smallest absolute Gasteiger partial charge is 0.294 e. The molecule has 3 aliphatic rings. The van der Waals surface area contributed by atoms with Crippen molar-refractivity contribution in [3.05, 3.63) is 123 Å². The van der Waals surface area contributed by atoms with E-state index in [9.17, 15) is 33.5 Å². The van der Waals surface area contributed by atoms with E-state index < -0.39 is 43.9 Å². The number of H-pyrrole nitrogens is 1. The van der Waals surface area contributed by atoms with Crippen LogP contribution in [-0.2, 0) is 10.0 Å². The van der Waals surface area contributed by atoms with Gasteiger partial charge in [0.05, 0.1) is 15.4 Å². The van der Waals surface area contributed by atoms with Crippen molar-refractivity contribution in [2.45, 2.75) is 56.9 Å². The lowest BCUT2D eigenvalue weighted by Crippen LogP contribution is -2.47. The normalized spacial score (nSPS) is 18.4. The van der Waals surface area contributed by atoms with Crippen LogP contribution in [0.3, 0.4) is 0 Å². The number of sulfonamides is 1. The lowest BCUT2D eigenvalue weighted by molar-refractivity contribution is -0.384. The molecule has 1 atom stereocenters. The number of hydrogen-bond donors (Lipinski definition) is 4. The molecular weight excluding hydrogens is 852 g/mol. The summed E-state index contributed by atoms with van der Waals surface area (Å²) in [6.45, 7) is 8.56. The maximum Gasteiger partial charge on any atom is 0.294 e. The zero-order chi connectivity index (χ0) is 43.8. The van der Waals surface area contributed by atoms with E-state index in [4.69, 9.17) is 16.3 Å². The van der Waals surface area contributed by atoms with Gasteiger partial charge in [-0.1, -0.05) is 43.2 Å². The van der Waals surface area contributed by atoms with Crippen LogP contribution in [0.25, 0.3) is 16.5 Å². The molecule has 5 aromatic rings. The number of piperazine rings is 1. The van der Waals surface area contributed by atoms with Gasteiger partial charge in [0.1, 0.15) is 17.2 Å². The SMILES string of the molecule is CC1(C)CCC(CN2CCN(c3ccc(C(=O)NS(=O)(=O)c4ccc(N(C(O)O)C5CCSC5)c([N+](=O)[O-])c4)c(Oc4ccc5[nH]ccc5c4)c3)CC2)=C(c2ccc(Cl)cc2)C1. The van der Waals surface area contributed by atoms with Crippen LogP contribution >= 0.6 is 23.4 Å². The van der Waals surface area contributed by atoms with Crippen molar-refractivity contribution in [2.75, 3.05) is 54.0 Å². The summed E-state index contributed by atoms with van der Waals surface area (Å²) in [4.78, 5) is 33.8. The minimum absolute atomic E-state index is 0.0635. The standard InChI is InChI=1S/C45H49ClN6O8S2/c1-45(2)16-13-31(38(26-45)29-3-5-32(46)6-4-29)27-49-18-20-50(21-19-49)33-7-10-37(42(24-33)60-35-8-11-39-30(23-35)14-17-47-39)43(53)48-62(58,59)36-9-12-40(41(25-36)52(56)57)51(44(54)55)34-15-22-61-28-34/h3-12,14,17,23-25,34,44,47,54-55H,13,15-16,18-22,26-28H2,1-2H3,(H,48,53). The molecule has 1 amide bonds. The molecule has 4 aromatic carbocycles. The average Bonchev–Trinajstić information content (AvgIpc) is 3.95. The molecule has 14 nitrogen and oxygen atoms in total. The molecule has 1 unspecified atom stereocenters. The van der Waals surface area contributed by atoms with Gasteiger partial charge in [-0.25, -0.2) is 13.1 Å². The highest BCUT2D eigenvalue weighted by Crippen LogP contribution is 2.44. The summed E-state index contributed by atoms with van der Waals surface area (Å²) in [5, 5.41) is 34.2. The molecule has 0 saturated carbocycles. The monoisotopic (exact) mass is 900 g/mol. The van der Waals surface area contributed by atoms with E-state index in [2.05, 4.69) is 45.5 Å². The van der Waals surface area contributed by atoms with Crippen molar-refractivity contribution >= 4 is 72.8 Å². The van der Waals surface area contributed by atoms with Crippen LogP contribution in [0.5, 0.6) is 11.5 Å². The number of thioether (sulfide) groups is 1. The van der Waals surface area contributed by atoms with Crippen molar-refractivity contribution in [3.8, 4) is 11.5 Å². The first-order chi connectivity index (χ1) is 29.6. The van der Waals surface area contributed by atoms with Gasteiger partial charge in [-0.2, -0.15) is 11.8 Å². The van der Waals surface area contributed by atoms with Crippen molar-refractivity contribution in [1.29, 1.82) is 0 Å². The molecule has 0 bridgehead atoms. The molecular formula is C45H49ClN6O8S2. The molecule has 0 spiro atoms.